The standard InChI is InChI=1S/C24H33N5O7S2/c1-38-9-8-15(25)21(32)28-18(10-13-11-26-16-5-3-2-4-14(13)16)23(34)27-17(6-7-20(30)31)22(33)29-19(12-37)24(35)36/h2-5,11,15,17-19,26,37H,6-10,12,25H2,1H3,(H,27,34)(H,28,32)(H,29,33)(H,30,31)(H,35,36). The van der Waals surface area contributed by atoms with E-state index in [1.54, 1.807) is 6.20 Å². The quantitative estimate of drug-likeness (QED) is 0.130. The van der Waals surface area contributed by atoms with Gasteiger partial charge in [0, 0.05) is 35.7 Å². The zero-order chi connectivity index (χ0) is 28.2. The number of hydrogen-bond donors (Lipinski definition) is 8. The molecule has 1 heterocycles. The number of aromatic amines is 1. The molecule has 0 aliphatic rings. The molecule has 2 aromatic rings. The highest BCUT2D eigenvalue weighted by Crippen LogP contribution is 2.19. The molecular formula is C24H33N5O7S2. The number of aromatic nitrogens is 1. The highest BCUT2D eigenvalue weighted by atomic mass is 32.2. The first-order chi connectivity index (χ1) is 18.1. The molecule has 0 aliphatic heterocycles. The summed E-state index contributed by atoms with van der Waals surface area (Å²) in [5.74, 6) is -4.29. The first-order valence-corrected chi connectivity index (χ1v) is 13.9. The Morgan fingerprint density at radius 1 is 0.974 bits per heavy atom. The molecule has 4 atom stereocenters. The third-order valence-corrected chi connectivity index (χ3v) is 6.79. The van der Waals surface area contributed by atoms with Gasteiger partial charge in [0.15, 0.2) is 0 Å². The van der Waals surface area contributed by atoms with E-state index in [0.717, 1.165) is 16.5 Å². The van der Waals surface area contributed by atoms with Crippen LogP contribution in [-0.2, 0) is 30.4 Å². The van der Waals surface area contributed by atoms with Crippen LogP contribution in [0.5, 0.6) is 0 Å². The Balaban J connectivity index is 2.29. The summed E-state index contributed by atoms with van der Waals surface area (Å²) >= 11 is 5.43. The van der Waals surface area contributed by atoms with E-state index in [9.17, 15) is 29.1 Å². The van der Waals surface area contributed by atoms with Crippen LogP contribution in [-0.4, -0.2) is 86.8 Å². The van der Waals surface area contributed by atoms with Crippen molar-refractivity contribution < 1.29 is 34.2 Å². The molecule has 4 unspecified atom stereocenters. The number of carbonyl (C=O) groups is 5. The lowest BCUT2D eigenvalue weighted by Crippen LogP contribution is -2.57. The first-order valence-electron chi connectivity index (χ1n) is 11.8. The van der Waals surface area contributed by atoms with Crippen molar-refractivity contribution in [3.05, 3.63) is 36.0 Å². The minimum Gasteiger partial charge on any atom is -0.481 e. The Bertz CT molecular complexity index is 1140. The molecule has 38 heavy (non-hydrogen) atoms. The van der Waals surface area contributed by atoms with Crippen LogP contribution in [0.25, 0.3) is 10.9 Å². The number of fused-ring (bicyclic) bond motifs is 1. The SMILES string of the molecule is CSCCC(N)C(=O)NC(Cc1c[nH]c2ccccc12)C(=O)NC(CCC(=O)O)C(=O)NC(CS)C(=O)O. The summed E-state index contributed by atoms with van der Waals surface area (Å²) in [4.78, 5) is 64.5. The van der Waals surface area contributed by atoms with E-state index in [-0.39, 0.29) is 18.6 Å². The topological polar surface area (TPSA) is 204 Å². The molecule has 1 aromatic heterocycles. The minimum atomic E-state index is -1.37. The number of aliphatic carboxylic acids is 2. The number of benzene rings is 1. The van der Waals surface area contributed by atoms with Crippen molar-refractivity contribution >= 4 is 65.0 Å². The summed E-state index contributed by atoms with van der Waals surface area (Å²) in [7, 11) is 0. The zero-order valence-corrected chi connectivity index (χ0v) is 22.5. The van der Waals surface area contributed by atoms with Crippen LogP contribution in [0.4, 0.5) is 0 Å². The van der Waals surface area contributed by atoms with Gasteiger partial charge in [-0.25, -0.2) is 4.79 Å². The number of carboxylic acid groups (broad SMARTS) is 2. The third kappa shape index (κ3) is 9.26. The number of para-hydroxylation sites is 1. The summed E-state index contributed by atoms with van der Waals surface area (Å²) < 4.78 is 0. The molecule has 2 rings (SSSR count). The number of amides is 3. The van der Waals surface area contributed by atoms with Crippen molar-refractivity contribution in [3.63, 3.8) is 0 Å². The van der Waals surface area contributed by atoms with E-state index in [4.69, 9.17) is 10.8 Å². The van der Waals surface area contributed by atoms with Gasteiger partial charge in [-0.2, -0.15) is 24.4 Å². The van der Waals surface area contributed by atoms with Crippen LogP contribution >= 0.6 is 24.4 Å². The van der Waals surface area contributed by atoms with Crippen LogP contribution in [0.2, 0.25) is 0 Å². The lowest BCUT2D eigenvalue weighted by Gasteiger charge is -2.25. The van der Waals surface area contributed by atoms with Crippen LogP contribution in [0.1, 0.15) is 24.8 Å². The summed E-state index contributed by atoms with van der Waals surface area (Å²) in [5.41, 5.74) is 7.55. The molecule has 0 saturated heterocycles. The third-order valence-electron chi connectivity index (χ3n) is 5.78. The summed E-state index contributed by atoms with van der Waals surface area (Å²) in [6, 6.07) is 2.67. The van der Waals surface area contributed by atoms with Gasteiger partial charge in [0.2, 0.25) is 17.7 Å². The molecule has 12 nitrogen and oxygen atoms in total. The van der Waals surface area contributed by atoms with Crippen molar-refractivity contribution in [2.75, 3.05) is 17.8 Å². The molecule has 14 heteroatoms. The molecule has 3 amide bonds. The molecule has 208 valence electrons. The zero-order valence-electron chi connectivity index (χ0n) is 20.8. The molecular weight excluding hydrogens is 534 g/mol. The fourth-order valence-corrected chi connectivity index (χ4v) is 4.39. The van der Waals surface area contributed by atoms with Crippen LogP contribution in [0, 0.1) is 0 Å². The van der Waals surface area contributed by atoms with Crippen LogP contribution in [0.3, 0.4) is 0 Å². The normalized spacial score (nSPS) is 14.2. The monoisotopic (exact) mass is 567 g/mol. The fraction of sp³-hybridized carbons (Fsp3) is 0.458. The average molecular weight is 568 g/mol. The smallest absolute Gasteiger partial charge is 0.327 e. The number of nitrogens with one attached hydrogen (secondary N) is 4. The molecule has 0 bridgehead atoms. The second kappa shape index (κ2) is 15.2. The lowest BCUT2D eigenvalue weighted by molar-refractivity contribution is -0.142. The molecule has 1 aromatic carbocycles. The van der Waals surface area contributed by atoms with Crippen molar-refractivity contribution in [3.8, 4) is 0 Å². The minimum absolute atomic E-state index is 0.0541. The summed E-state index contributed by atoms with van der Waals surface area (Å²) in [6.07, 6.45) is 3.27. The van der Waals surface area contributed by atoms with Gasteiger partial charge < -0.3 is 36.9 Å². The lowest BCUT2D eigenvalue weighted by atomic mass is 10.0. The maximum atomic E-state index is 13.4. The maximum absolute atomic E-state index is 13.4. The van der Waals surface area contributed by atoms with Crippen molar-refractivity contribution in [1.29, 1.82) is 0 Å². The van der Waals surface area contributed by atoms with E-state index in [2.05, 4.69) is 33.6 Å². The highest BCUT2D eigenvalue weighted by molar-refractivity contribution is 7.98. The van der Waals surface area contributed by atoms with E-state index in [1.807, 2.05) is 30.5 Å². The fourth-order valence-electron chi connectivity index (χ4n) is 3.65. The first kappa shape index (κ1) is 31.0. The van der Waals surface area contributed by atoms with Crippen LogP contribution in [0.15, 0.2) is 30.5 Å². The van der Waals surface area contributed by atoms with E-state index < -0.39 is 60.2 Å². The second-order valence-corrected chi connectivity index (χ2v) is 9.94. The van der Waals surface area contributed by atoms with Gasteiger partial charge in [0.1, 0.15) is 18.1 Å². The van der Waals surface area contributed by atoms with Gasteiger partial charge in [-0.1, -0.05) is 18.2 Å². The average Bonchev–Trinajstić information content (AvgIpc) is 3.29. The largest absolute Gasteiger partial charge is 0.481 e. The van der Waals surface area contributed by atoms with Crippen LogP contribution < -0.4 is 21.7 Å². The number of rotatable bonds is 16. The Kier molecular flexibility index (Phi) is 12.4. The number of carboxylic acids is 2. The number of hydrogen-bond acceptors (Lipinski definition) is 8. The summed E-state index contributed by atoms with van der Waals surface area (Å²) in [6.45, 7) is 0. The van der Waals surface area contributed by atoms with Gasteiger partial charge in [-0.05, 0) is 36.5 Å². The predicted molar refractivity (Wildman–Crippen MR) is 147 cm³/mol. The highest BCUT2D eigenvalue weighted by Gasteiger charge is 2.31. The Hall–Kier alpha value is -3.23. The van der Waals surface area contributed by atoms with E-state index >= 15 is 0 Å². The van der Waals surface area contributed by atoms with Gasteiger partial charge in [0.25, 0.3) is 0 Å². The molecule has 0 saturated carbocycles. The number of thioether (sulfide) groups is 1. The van der Waals surface area contributed by atoms with Gasteiger partial charge in [-0.15, -0.1) is 0 Å². The number of thiol groups is 1. The maximum Gasteiger partial charge on any atom is 0.327 e. The van der Waals surface area contributed by atoms with Crippen molar-refractivity contribution in [2.24, 2.45) is 5.73 Å². The molecule has 0 radical (unpaired) electrons. The molecule has 8 N–H and O–H groups in total. The predicted octanol–water partition coefficient (Wildman–Crippen LogP) is 0.124. The number of nitrogens with two attached hydrogens (primary N) is 1. The molecule has 0 aliphatic carbocycles. The van der Waals surface area contributed by atoms with Crippen molar-refractivity contribution in [1.82, 2.24) is 20.9 Å². The number of H-pyrrole nitrogens is 1. The molecule has 0 spiro atoms. The van der Waals surface area contributed by atoms with E-state index in [1.165, 1.54) is 11.8 Å². The van der Waals surface area contributed by atoms with Gasteiger partial charge in [0.05, 0.1) is 6.04 Å². The van der Waals surface area contributed by atoms with Crippen molar-refractivity contribution in [2.45, 2.75) is 49.9 Å². The Morgan fingerprint density at radius 3 is 2.24 bits per heavy atom. The number of carbonyl (C=O) groups excluding carboxylic acids is 3. The molecule has 0 fully saturated rings. The van der Waals surface area contributed by atoms with E-state index in [0.29, 0.717) is 12.2 Å². The Morgan fingerprint density at radius 2 is 1.61 bits per heavy atom. The second-order valence-electron chi connectivity index (χ2n) is 8.59. The Labute approximate surface area is 229 Å². The summed E-state index contributed by atoms with van der Waals surface area (Å²) in [5, 5.41) is 26.6. The van der Waals surface area contributed by atoms with Gasteiger partial charge >= 0.3 is 11.9 Å². The van der Waals surface area contributed by atoms with Gasteiger partial charge in [-0.3, -0.25) is 19.2 Å².